The number of ether oxygens (including phenoxy) is 2. The Morgan fingerprint density at radius 2 is 1.83 bits per heavy atom. The van der Waals surface area contributed by atoms with E-state index in [0.717, 1.165) is 17.7 Å². The van der Waals surface area contributed by atoms with Crippen molar-refractivity contribution < 1.29 is 23.9 Å². The van der Waals surface area contributed by atoms with Gasteiger partial charge < -0.3 is 14.4 Å². The summed E-state index contributed by atoms with van der Waals surface area (Å²) in [5.74, 6) is -0.917. The Balaban J connectivity index is 1.60. The zero-order valence-electron chi connectivity index (χ0n) is 17.6. The molecule has 1 aliphatic rings. The highest BCUT2D eigenvalue weighted by Gasteiger charge is 2.31. The first-order valence-corrected chi connectivity index (χ1v) is 9.81. The predicted molar refractivity (Wildman–Crippen MR) is 114 cm³/mol. The van der Waals surface area contributed by atoms with Gasteiger partial charge in [-0.15, -0.1) is 0 Å². The van der Waals surface area contributed by atoms with Crippen molar-refractivity contribution in [1.29, 1.82) is 0 Å². The lowest BCUT2D eigenvalue weighted by Gasteiger charge is -2.22. The molecule has 1 N–H and O–H groups in total. The van der Waals surface area contributed by atoms with Crippen LogP contribution in [-0.2, 0) is 20.7 Å². The van der Waals surface area contributed by atoms with Gasteiger partial charge in [-0.05, 0) is 63.9 Å². The number of rotatable bonds is 4. The van der Waals surface area contributed by atoms with Crippen LogP contribution in [0.25, 0.3) is 0 Å². The molecule has 1 heterocycles. The van der Waals surface area contributed by atoms with Gasteiger partial charge in [0.25, 0.3) is 5.91 Å². The van der Waals surface area contributed by atoms with E-state index in [1.54, 1.807) is 43.9 Å². The average molecular weight is 410 g/mol. The number of amides is 2. The zero-order chi connectivity index (χ0) is 21.9. The van der Waals surface area contributed by atoms with Crippen LogP contribution in [0.15, 0.2) is 48.5 Å². The molecule has 0 aromatic heterocycles. The normalized spacial score (nSPS) is 15.3. The molecule has 30 heavy (non-hydrogen) atoms. The number of hydrogen-bond acceptors (Lipinski definition) is 5. The Labute approximate surface area is 176 Å². The van der Waals surface area contributed by atoms with E-state index in [1.807, 2.05) is 31.2 Å². The molecule has 0 bridgehead atoms. The van der Waals surface area contributed by atoms with Gasteiger partial charge in [0.15, 0.2) is 6.61 Å². The van der Waals surface area contributed by atoms with Crippen LogP contribution < -0.4 is 10.2 Å². The second-order valence-corrected chi connectivity index (χ2v) is 8.23. The third-order valence-electron chi connectivity index (χ3n) is 4.55. The number of anilines is 2. The number of nitrogens with one attached hydrogen (secondary N) is 1. The summed E-state index contributed by atoms with van der Waals surface area (Å²) in [7, 11) is 0. The minimum atomic E-state index is -0.642. The first-order valence-electron chi connectivity index (χ1n) is 9.81. The predicted octanol–water partition coefficient (Wildman–Crippen LogP) is 4.17. The van der Waals surface area contributed by atoms with Crippen LogP contribution in [0.1, 0.15) is 43.6 Å². The molecule has 0 aliphatic carbocycles. The largest absolute Gasteiger partial charge is 0.452 e. The Morgan fingerprint density at radius 3 is 2.57 bits per heavy atom. The van der Waals surface area contributed by atoms with Crippen molar-refractivity contribution in [2.24, 2.45) is 0 Å². The summed E-state index contributed by atoms with van der Waals surface area (Å²) in [6.07, 6.45) is 0.152. The quantitative estimate of drug-likeness (QED) is 0.765. The van der Waals surface area contributed by atoms with E-state index in [-0.39, 0.29) is 24.1 Å². The maximum absolute atomic E-state index is 12.7. The molecule has 158 valence electrons. The van der Waals surface area contributed by atoms with Crippen LogP contribution in [0.5, 0.6) is 0 Å². The highest BCUT2D eigenvalue weighted by molar-refractivity contribution is 5.99. The van der Waals surface area contributed by atoms with Gasteiger partial charge in [0.05, 0.1) is 5.56 Å². The van der Waals surface area contributed by atoms with Crippen molar-refractivity contribution in [1.82, 2.24) is 0 Å². The fourth-order valence-electron chi connectivity index (χ4n) is 3.37. The van der Waals surface area contributed by atoms with Gasteiger partial charge >= 0.3 is 12.1 Å². The van der Waals surface area contributed by atoms with Crippen LogP contribution >= 0.6 is 0 Å². The van der Waals surface area contributed by atoms with Crippen LogP contribution in [-0.4, -0.2) is 36.2 Å². The van der Waals surface area contributed by atoms with Gasteiger partial charge in [-0.25, -0.2) is 9.59 Å². The number of nitrogens with zero attached hydrogens (tertiary/aromatic N) is 1. The summed E-state index contributed by atoms with van der Waals surface area (Å²) in [5.41, 5.74) is 1.95. The zero-order valence-corrected chi connectivity index (χ0v) is 17.6. The third kappa shape index (κ3) is 5.17. The smallest absolute Gasteiger partial charge is 0.412 e. The highest BCUT2D eigenvalue weighted by Crippen LogP contribution is 2.31. The molecule has 2 amide bonds. The number of fused-ring (bicyclic) bond motifs is 1. The van der Waals surface area contributed by atoms with Crippen molar-refractivity contribution >= 4 is 29.3 Å². The Hall–Kier alpha value is -3.35. The molecule has 3 rings (SSSR count). The van der Waals surface area contributed by atoms with E-state index < -0.39 is 17.7 Å². The van der Waals surface area contributed by atoms with E-state index >= 15 is 0 Å². The molecule has 2 aromatic carbocycles. The Bertz CT molecular complexity index is 964. The van der Waals surface area contributed by atoms with Gasteiger partial charge in [-0.1, -0.05) is 24.3 Å². The number of para-hydroxylation sites is 1. The molecule has 0 unspecified atom stereocenters. The van der Waals surface area contributed by atoms with Crippen LogP contribution in [0, 0.1) is 0 Å². The molecule has 1 atom stereocenters. The summed E-state index contributed by atoms with van der Waals surface area (Å²) < 4.78 is 10.4. The van der Waals surface area contributed by atoms with Crippen molar-refractivity contribution in [3.8, 4) is 0 Å². The number of carbonyl (C=O) groups is 3. The van der Waals surface area contributed by atoms with Gasteiger partial charge in [0.1, 0.15) is 5.60 Å². The van der Waals surface area contributed by atoms with Crippen molar-refractivity contribution in [2.45, 2.75) is 45.8 Å². The fourth-order valence-corrected chi connectivity index (χ4v) is 3.37. The summed E-state index contributed by atoms with van der Waals surface area (Å²) >= 11 is 0. The maximum atomic E-state index is 12.7. The molecule has 7 nitrogen and oxygen atoms in total. The van der Waals surface area contributed by atoms with E-state index in [0.29, 0.717) is 5.69 Å². The molecular formula is C23H26N2O5. The van der Waals surface area contributed by atoms with E-state index in [1.165, 1.54) is 6.07 Å². The summed E-state index contributed by atoms with van der Waals surface area (Å²) in [6, 6.07) is 14.0. The Kier molecular flexibility index (Phi) is 6.10. The van der Waals surface area contributed by atoms with Crippen LogP contribution in [0.3, 0.4) is 0 Å². The van der Waals surface area contributed by atoms with E-state index in [4.69, 9.17) is 9.47 Å². The lowest BCUT2D eigenvalue weighted by Crippen LogP contribution is -2.38. The fraction of sp³-hybridized carbons (Fsp3) is 0.348. The van der Waals surface area contributed by atoms with Gasteiger partial charge in [-0.3, -0.25) is 10.1 Å². The molecule has 2 aromatic rings. The highest BCUT2D eigenvalue weighted by atomic mass is 16.6. The summed E-state index contributed by atoms with van der Waals surface area (Å²) in [4.78, 5) is 38.7. The average Bonchev–Trinajstić information content (AvgIpc) is 3.00. The number of esters is 1. The minimum absolute atomic E-state index is 0.00922. The third-order valence-corrected chi connectivity index (χ3v) is 4.55. The number of hydrogen-bond donors (Lipinski definition) is 1. The second-order valence-electron chi connectivity index (χ2n) is 8.23. The monoisotopic (exact) mass is 410 g/mol. The lowest BCUT2D eigenvalue weighted by atomic mass is 10.1. The first kappa shape index (κ1) is 21.4. The minimum Gasteiger partial charge on any atom is -0.452 e. The molecule has 0 radical (unpaired) electrons. The summed E-state index contributed by atoms with van der Waals surface area (Å²) in [6.45, 7) is 6.89. The van der Waals surface area contributed by atoms with Crippen molar-refractivity contribution in [3.63, 3.8) is 0 Å². The molecule has 0 saturated heterocycles. The molecule has 7 heteroatoms. The van der Waals surface area contributed by atoms with Crippen molar-refractivity contribution in [2.75, 3.05) is 16.8 Å². The SMILES string of the molecule is C[C@@H]1Cc2ccccc2N1C(=O)COC(=O)c1cccc(NC(=O)OC(C)(C)C)c1. The molecule has 0 fully saturated rings. The van der Waals surface area contributed by atoms with Crippen LogP contribution in [0.2, 0.25) is 0 Å². The Morgan fingerprint density at radius 1 is 1.10 bits per heavy atom. The van der Waals surface area contributed by atoms with Gasteiger partial charge in [0.2, 0.25) is 0 Å². The number of carbonyl (C=O) groups excluding carboxylic acids is 3. The number of benzene rings is 2. The summed E-state index contributed by atoms with van der Waals surface area (Å²) in [5, 5.41) is 2.58. The van der Waals surface area contributed by atoms with Gasteiger partial charge in [-0.2, -0.15) is 0 Å². The maximum Gasteiger partial charge on any atom is 0.412 e. The molecule has 1 aliphatic heterocycles. The topological polar surface area (TPSA) is 84.9 Å². The molecular weight excluding hydrogens is 384 g/mol. The standard InChI is InChI=1S/C23H26N2O5/c1-15-12-16-8-5-6-11-19(16)25(15)20(26)14-29-21(27)17-9-7-10-18(13-17)24-22(28)30-23(2,3)4/h5-11,13,15H,12,14H2,1-4H3,(H,24,28)/t15-/m1/s1. The van der Waals surface area contributed by atoms with E-state index in [9.17, 15) is 14.4 Å². The molecule has 0 saturated carbocycles. The first-order chi connectivity index (χ1) is 14.1. The molecule has 0 spiro atoms. The van der Waals surface area contributed by atoms with Gasteiger partial charge in [0, 0.05) is 17.4 Å². The second kappa shape index (κ2) is 8.57. The lowest BCUT2D eigenvalue weighted by molar-refractivity contribution is -0.122. The van der Waals surface area contributed by atoms with Crippen molar-refractivity contribution in [3.05, 3.63) is 59.7 Å². The van der Waals surface area contributed by atoms with Crippen LogP contribution in [0.4, 0.5) is 16.2 Å². The van der Waals surface area contributed by atoms with E-state index in [2.05, 4.69) is 5.32 Å².